The number of unbranched alkanes of at least 4 members (excludes halogenated alkanes) is 1. The molecule has 1 fully saturated rings. The van der Waals surface area contributed by atoms with E-state index in [0.717, 1.165) is 12.8 Å². The number of carbonyl (C=O) groups is 2. The van der Waals surface area contributed by atoms with Crippen LogP contribution < -0.4 is 10.6 Å². The number of nitrogens with one attached hydrogen (secondary N) is 2. The summed E-state index contributed by atoms with van der Waals surface area (Å²) in [6.45, 7) is 2.71. The lowest BCUT2D eigenvalue weighted by Crippen LogP contribution is -2.28. The molecule has 1 saturated carbocycles. The number of amides is 2. The zero-order valence-electron chi connectivity index (χ0n) is 11.5. The summed E-state index contributed by atoms with van der Waals surface area (Å²) in [4.78, 5) is 23.7. The molecule has 0 aliphatic heterocycles. The molecule has 0 aromatic heterocycles. The first-order chi connectivity index (χ1) is 9.61. The topological polar surface area (TPSA) is 58.2 Å². The quantitative estimate of drug-likeness (QED) is 0.785. The van der Waals surface area contributed by atoms with Crippen molar-refractivity contribution >= 4 is 17.5 Å². The number of hydrogen-bond donors (Lipinski definition) is 2. The van der Waals surface area contributed by atoms with Crippen LogP contribution in [0.4, 0.5) is 10.1 Å². The lowest BCUT2D eigenvalue weighted by molar-refractivity contribution is -0.125. The molecule has 2 atom stereocenters. The summed E-state index contributed by atoms with van der Waals surface area (Å²) in [7, 11) is 0. The molecule has 0 spiro atoms. The summed E-state index contributed by atoms with van der Waals surface area (Å²) in [6.07, 6.45) is 2.53. The van der Waals surface area contributed by atoms with Gasteiger partial charge in [-0.1, -0.05) is 19.4 Å². The molecule has 1 aliphatic carbocycles. The maximum absolute atomic E-state index is 13.0. The Kier molecular flexibility index (Phi) is 4.71. The summed E-state index contributed by atoms with van der Waals surface area (Å²) in [5.41, 5.74) is 0.423. The monoisotopic (exact) mass is 278 g/mol. The third kappa shape index (κ3) is 3.79. The molecule has 2 N–H and O–H groups in total. The van der Waals surface area contributed by atoms with Crippen molar-refractivity contribution in [3.63, 3.8) is 0 Å². The van der Waals surface area contributed by atoms with E-state index in [-0.39, 0.29) is 23.7 Å². The van der Waals surface area contributed by atoms with E-state index in [0.29, 0.717) is 18.7 Å². The average molecular weight is 278 g/mol. The zero-order chi connectivity index (χ0) is 14.5. The Labute approximate surface area is 117 Å². The Morgan fingerprint density at radius 3 is 2.75 bits per heavy atom. The van der Waals surface area contributed by atoms with Crippen molar-refractivity contribution in [1.82, 2.24) is 5.32 Å². The van der Waals surface area contributed by atoms with Crippen molar-refractivity contribution in [3.8, 4) is 0 Å². The highest BCUT2D eigenvalue weighted by molar-refractivity contribution is 5.99. The molecular weight excluding hydrogens is 259 g/mol. The zero-order valence-corrected chi connectivity index (χ0v) is 11.5. The number of carbonyl (C=O) groups excluding carboxylic acids is 2. The van der Waals surface area contributed by atoms with Crippen LogP contribution in [0.2, 0.25) is 0 Å². The van der Waals surface area contributed by atoms with Gasteiger partial charge in [-0.2, -0.15) is 0 Å². The van der Waals surface area contributed by atoms with Crippen LogP contribution >= 0.6 is 0 Å². The Hall–Kier alpha value is -1.91. The standard InChI is InChI=1S/C15H19FN2O2/c1-2-3-7-17-14(19)12-9-13(12)15(20)18-11-6-4-5-10(16)8-11/h4-6,8,12-13H,2-3,7,9H2,1H3,(H,17,19)(H,18,20). The molecule has 0 bridgehead atoms. The fourth-order valence-electron chi connectivity index (χ4n) is 2.10. The second kappa shape index (κ2) is 6.50. The normalized spacial score (nSPS) is 20.3. The molecule has 1 aromatic carbocycles. The molecule has 108 valence electrons. The van der Waals surface area contributed by atoms with Crippen molar-refractivity contribution in [2.75, 3.05) is 11.9 Å². The van der Waals surface area contributed by atoms with Crippen LogP contribution in [-0.2, 0) is 9.59 Å². The van der Waals surface area contributed by atoms with Gasteiger partial charge in [0.1, 0.15) is 5.82 Å². The van der Waals surface area contributed by atoms with Crippen LogP contribution in [0.25, 0.3) is 0 Å². The molecule has 0 heterocycles. The molecule has 2 amide bonds. The van der Waals surface area contributed by atoms with Crippen LogP contribution in [0.1, 0.15) is 26.2 Å². The maximum Gasteiger partial charge on any atom is 0.228 e. The number of rotatable bonds is 6. The summed E-state index contributed by atoms with van der Waals surface area (Å²) in [5.74, 6) is -1.20. The summed E-state index contributed by atoms with van der Waals surface area (Å²) < 4.78 is 13.0. The van der Waals surface area contributed by atoms with Gasteiger partial charge in [0.2, 0.25) is 11.8 Å². The van der Waals surface area contributed by atoms with Crippen LogP contribution in [-0.4, -0.2) is 18.4 Å². The van der Waals surface area contributed by atoms with Gasteiger partial charge in [0.15, 0.2) is 0 Å². The number of hydrogen-bond acceptors (Lipinski definition) is 2. The number of benzene rings is 1. The molecular formula is C15H19FN2O2. The average Bonchev–Trinajstić information content (AvgIpc) is 3.19. The van der Waals surface area contributed by atoms with Crippen molar-refractivity contribution < 1.29 is 14.0 Å². The Balaban J connectivity index is 1.79. The minimum atomic E-state index is -0.396. The summed E-state index contributed by atoms with van der Waals surface area (Å²) in [6, 6.07) is 5.74. The first-order valence-electron chi connectivity index (χ1n) is 6.96. The summed E-state index contributed by atoms with van der Waals surface area (Å²) in [5, 5.41) is 5.46. The SMILES string of the molecule is CCCCNC(=O)C1CC1C(=O)Nc1cccc(F)c1. The van der Waals surface area contributed by atoms with Gasteiger partial charge < -0.3 is 10.6 Å². The van der Waals surface area contributed by atoms with Gasteiger partial charge in [-0.05, 0) is 31.0 Å². The molecule has 0 radical (unpaired) electrons. The second-order valence-corrected chi connectivity index (χ2v) is 5.09. The van der Waals surface area contributed by atoms with Crippen LogP contribution in [0, 0.1) is 17.7 Å². The van der Waals surface area contributed by atoms with Gasteiger partial charge >= 0.3 is 0 Å². The fourth-order valence-corrected chi connectivity index (χ4v) is 2.10. The maximum atomic E-state index is 13.0. The van der Waals surface area contributed by atoms with Crippen molar-refractivity contribution in [2.45, 2.75) is 26.2 Å². The van der Waals surface area contributed by atoms with E-state index in [2.05, 4.69) is 17.6 Å². The largest absolute Gasteiger partial charge is 0.356 e. The predicted octanol–water partition coefficient (Wildman–Crippen LogP) is 2.32. The predicted molar refractivity (Wildman–Crippen MR) is 74.5 cm³/mol. The van der Waals surface area contributed by atoms with Crippen LogP contribution in [0.3, 0.4) is 0 Å². The Morgan fingerprint density at radius 1 is 1.30 bits per heavy atom. The van der Waals surface area contributed by atoms with Gasteiger partial charge in [-0.3, -0.25) is 9.59 Å². The molecule has 1 aliphatic rings. The number of anilines is 1. The van der Waals surface area contributed by atoms with Gasteiger partial charge in [0.05, 0.1) is 11.8 Å². The van der Waals surface area contributed by atoms with Crippen molar-refractivity contribution in [3.05, 3.63) is 30.1 Å². The molecule has 4 nitrogen and oxygen atoms in total. The molecule has 2 rings (SSSR count). The van der Waals surface area contributed by atoms with E-state index in [1.165, 1.54) is 18.2 Å². The number of halogens is 1. The highest BCUT2D eigenvalue weighted by Crippen LogP contribution is 2.39. The first kappa shape index (κ1) is 14.5. The fraction of sp³-hybridized carbons (Fsp3) is 0.467. The Morgan fingerprint density at radius 2 is 2.05 bits per heavy atom. The molecule has 2 unspecified atom stereocenters. The molecule has 5 heteroatoms. The minimum absolute atomic E-state index is 0.0576. The Bertz CT molecular complexity index is 504. The minimum Gasteiger partial charge on any atom is -0.356 e. The van der Waals surface area contributed by atoms with Crippen LogP contribution in [0.5, 0.6) is 0 Å². The highest BCUT2D eigenvalue weighted by atomic mass is 19.1. The van der Waals surface area contributed by atoms with E-state index >= 15 is 0 Å². The second-order valence-electron chi connectivity index (χ2n) is 5.09. The van der Waals surface area contributed by atoms with Gasteiger partial charge in [-0.25, -0.2) is 4.39 Å². The third-order valence-corrected chi connectivity index (χ3v) is 3.39. The molecule has 20 heavy (non-hydrogen) atoms. The van der Waals surface area contributed by atoms with E-state index in [1.807, 2.05) is 0 Å². The van der Waals surface area contributed by atoms with E-state index < -0.39 is 5.82 Å². The third-order valence-electron chi connectivity index (χ3n) is 3.39. The van der Waals surface area contributed by atoms with Gasteiger partial charge in [0.25, 0.3) is 0 Å². The van der Waals surface area contributed by atoms with E-state index in [9.17, 15) is 14.0 Å². The van der Waals surface area contributed by atoms with Crippen molar-refractivity contribution in [2.24, 2.45) is 11.8 Å². The van der Waals surface area contributed by atoms with E-state index in [1.54, 1.807) is 6.07 Å². The molecule has 0 saturated heterocycles. The van der Waals surface area contributed by atoms with Gasteiger partial charge in [-0.15, -0.1) is 0 Å². The lowest BCUT2D eigenvalue weighted by Gasteiger charge is -2.05. The van der Waals surface area contributed by atoms with Crippen LogP contribution in [0.15, 0.2) is 24.3 Å². The summed E-state index contributed by atoms with van der Waals surface area (Å²) >= 11 is 0. The smallest absolute Gasteiger partial charge is 0.228 e. The highest BCUT2D eigenvalue weighted by Gasteiger charge is 2.47. The van der Waals surface area contributed by atoms with E-state index in [4.69, 9.17) is 0 Å². The molecule has 1 aromatic rings. The van der Waals surface area contributed by atoms with Gasteiger partial charge in [0, 0.05) is 12.2 Å². The lowest BCUT2D eigenvalue weighted by atomic mass is 10.2. The van der Waals surface area contributed by atoms with Crippen molar-refractivity contribution in [1.29, 1.82) is 0 Å². The first-order valence-corrected chi connectivity index (χ1v) is 6.96.